The van der Waals surface area contributed by atoms with E-state index in [1.54, 1.807) is 0 Å². The zero-order valence-corrected chi connectivity index (χ0v) is 19.6. The van der Waals surface area contributed by atoms with Crippen molar-refractivity contribution < 1.29 is 24.2 Å². The van der Waals surface area contributed by atoms with Gasteiger partial charge in [-0.05, 0) is 76.0 Å². The van der Waals surface area contributed by atoms with Gasteiger partial charge in [-0.2, -0.15) is 0 Å². The lowest BCUT2D eigenvalue weighted by Crippen LogP contribution is -2.48. The van der Waals surface area contributed by atoms with E-state index in [1.807, 2.05) is 20.8 Å². The van der Waals surface area contributed by atoms with Crippen LogP contribution in [0.5, 0.6) is 0 Å². The van der Waals surface area contributed by atoms with Crippen molar-refractivity contribution in [3.05, 3.63) is 0 Å². The van der Waals surface area contributed by atoms with Crippen molar-refractivity contribution in [2.24, 2.45) is 35.0 Å². The number of ether oxygens (including phenoxy) is 2. The van der Waals surface area contributed by atoms with Crippen LogP contribution in [0.15, 0.2) is 0 Å². The van der Waals surface area contributed by atoms with Gasteiger partial charge in [0.15, 0.2) is 0 Å². The molecule has 0 radical (unpaired) electrons. The van der Waals surface area contributed by atoms with Gasteiger partial charge in [-0.25, -0.2) is 0 Å². The molecule has 0 bridgehead atoms. The molecule has 0 aromatic carbocycles. The average Bonchev–Trinajstić information content (AvgIpc) is 2.66. The van der Waals surface area contributed by atoms with E-state index in [0.717, 1.165) is 25.7 Å². The van der Waals surface area contributed by atoms with Gasteiger partial charge in [0.1, 0.15) is 12.2 Å². The number of esters is 2. The number of hydrogen-bond donors (Lipinski definition) is 1. The molecule has 2 saturated carbocycles. The molecule has 1 saturated heterocycles. The summed E-state index contributed by atoms with van der Waals surface area (Å²) in [6, 6.07) is 0. The Balaban J connectivity index is 1.72. The second-order valence-electron chi connectivity index (χ2n) is 11.1. The van der Waals surface area contributed by atoms with Gasteiger partial charge in [-0.1, -0.05) is 27.2 Å². The number of carbonyl (C=O) groups excluding carboxylic acids is 2. The van der Waals surface area contributed by atoms with E-state index in [-0.39, 0.29) is 30.6 Å². The number of aliphatic hydroxyl groups is 1. The fourth-order valence-electron chi connectivity index (χ4n) is 6.09. The third-order valence-electron chi connectivity index (χ3n) is 8.28. The molecule has 3 fully saturated rings. The van der Waals surface area contributed by atoms with E-state index in [1.165, 1.54) is 19.3 Å². The van der Waals surface area contributed by atoms with E-state index in [4.69, 9.17) is 9.47 Å². The van der Waals surface area contributed by atoms with Gasteiger partial charge in [0.05, 0.1) is 17.9 Å². The lowest BCUT2D eigenvalue weighted by Gasteiger charge is -2.50. The third kappa shape index (κ3) is 5.38. The zero-order chi connectivity index (χ0) is 22.1. The Bertz CT molecular complexity index is 615. The van der Waals surface area contributed by atoms with Crippen molar-refractivity contribution >= 4 is 11.9 Å². The molecule has 172 valence electrons. The molecular formula is C25H42O5. The topological polar surface area (TPSA) is 72.8 Å². The highest BCUT2D eigenvalue weighted by Gasteiger charge is 2.47. The molecule has 5 heteroatoms. The van der Waals surface area contributed by atoms with Gasteiger partial charge >= 0.3 is 11.9 Å². The molecule has 0 aromatic rings. The van der Waals surface area contributed by atoms with Crippen LogP contribution < -0.4 is 0 Å². The summed E-state index contributed by atoms with van der Waals surface area (Å²) in [6.07, 6.45) is 7.02. The van der Waals surface area contributed by atoms with Crippen LogP contribution in [0.2, 0.25) is 0 Å². The highest BCUT2D eigenvalue weighted by molar-refractivity contribution is 5.76. The Morgan fingerprint density at radius 2 is 1.90 bits per heavy atom. The summed E-state index contributed by atoms with van der Waals surface area (Å²) in [5.41, 5.74) is -0.446. The predicted octanol–water partition coefficient (Wildman–Crippen LogP) is 4.89. The molecule has 8 atom stereocenters. The summed E-state index contributed by atoms with van der Waals surface area (Å²) in [4.78, 5) is 24.6. The van der Waals surface area contributed by atoms with Crippen LogP contribution in [0.25, 0.3) is 0 Å². The summed E-state index contributed by atoms with van der Waals surface area (Å²) in [6.45, 7) is 10.6. The second-order valence-corrected chi connectivity index (χ2v) is 11.1. The van der Waals surface area contributed by atoms with Gasteiger partial charge in [-0.15, -0.1) is 0 Å². The molecule has 2 aliphatic carbocycles. The quantitative estimate of drug-likeness (QED) is 0.617. The molecular weight excluding hydrogens is 380 g/mol. The monoisotopic (exact) mass is 422 g/mol. The Hall–Kier alpha value is -1.10. The second kappa shape index (κ2) is 9.58. The molecule has 30 heavy (non-hydrogen) atoms. The van der Waals surface area contributed by atoms with E-state index < -0.39 is 11.5 Å². The minimum absolute atomic E-state index is 0.00989. The number of rotatable bonds is 6. The van der Waals surface area contributed by atoms with Crippen LogP contribution in [0.4, 0.5) is 0 Å². The summed E-state index contributed by atoms with van der Waals surface area (Å²) in [5.74, 6) is 2.28. The van der Waals surface area contributed by atoms with Crippen LogP contribution in [0, 0.1) is 35.0 Å². The molecule has 3 aliphatic rings. The smallest absolute Gasteiger partial charge is 0.311 e. The average molecular weight is 423 g/mol. The molecule has 1 aliphatic heterocycles. The van der Waals surface area contributed by atoms with Crippen molar-refractivity contribution in [3.8, 4) is 0 Å². The Morgan fingerprint density at radius 1 is 1.17 bits per heavy atom. The summed E-state index contributed by atoms with van der Waals surface area (Å²) in [5, 5.41) is 9.94. The van der Waals surface area contributed by atoms with Crippen molar-refractivity contribution in [2.45, 2.75) is 111 Å². The minimum Gasteiger partial charge on any atom is -0.462 e. The molecule has 1 unspecified atom stereocenters. The molecule has 5 nitrogen and oxygen atoms in total. The lowest BCUT2D eigenvalue weighted by molar-refractivity contribution is -0.174. The molecule has 1 heterocycles. The Morgan fingerprint density at radius 3 is 2.57 bits per heavy atom. The summed E-state index contributed by atoms with van der Waals surface area (Å²) in [7, 11) is 0. The minimum atomic E-state index is -0.576. The molecule has 0 aromatic heterocycles. The van der Waals surface area contributed by atoms with Crippen molar-refractivity contribution in [2.75, 3.05) is 0 Å². The fraction of sp³-hybridized carbons (Fsp3) is 0.920. The normalized spacial score (nSPS) is 39.7. The summed E-state index contributed by atoms with van der Waals surface area (Å²) >= 11 is 0. The molecule has 0 spiro atoms. The first kappa shape index (κ1) is 23.6. The van der Waals surface area contributed by atoms with E-state index in [0.29, 0.717) is 36.0 Å². The fourth-order valence-corrected chi connectivity index (χ4v) is 6.09. The number of hydrogen-bond acceptors (Lipinski definition) is 5. The SMILES string of the molecule is CCC(C)(C)C(=O)O[C@H]1C[C@@H](C)CC2CC[C@H](C)[C@H](CC[C@@H]3C[C@@H](O)CC(=O)O3)[C@H]21. The maximum absolute atomic E-state index is 12.9. The van der Waals surface area contributed by atoms with Gasteiger partial charge in [0.25, 0.3) is 0 Å². The number of carbonyl (C=O) groups is 2. The van der Waals surface area contributed by atoms with E-state index in [2.05, 4.69) is 13.8 Å². The molecule has 0 amide bonds. The Kier molecular flexibility index (Phi) is 7.53. The maximum atomic E-state index is 12.9. The first-order chi connectivity index (χ1) is 14.1. The van der Waals surface area contributed by atoms with Crippen LogP contribution in [-0.2, 0) is 19.1 Å². The molecule has 1 N–H and O–H groups in total. The maximum Gasteiger partial charge on any atom is 0.311 e. The molecule has 3 rings (SSSR count). The first-order valence-electron chi connectivity index (χ1n) is 12.2. The van der Waals surface area contributed by atoms with Crippen molar-refractivity contribution in [1.29, 1.82) is 0 Å². The van der Waals surface area contributed by atoms with Crippen molar-refractivity contribution in [1.82, 2.24) is 0 Å². The highest BCUT2D eigenvalue weighted by Crippen LogP contribution is 2.51. The van der Waals surface area contributed by atoms with Crippen LogP contribution in [0.1, 0.15) is 92.4 Å². The summed E-state index contributed by atoms with van der Waals surface area (Å²) < 4.78 is 11.7. The van der Waals surface area contributed by atoms with Gasteiger partial charge in [0.2, 0.25) is 0 Å². The van der Waals surface area contributed by atoms with Gasteiger partial charge in [0, 0.05) is 12.3 Å². The predicted molar refractivity (Wildman–Crippen MR) is 116 cm³/mol. The Labute approximate surface area is 182 Å². The van der Waals surface area contributed by atoms with Crippen LogP contribution >= 0.6 is 0 Å². The van der Waals surface area contributed by atoms with E-state index in [9.17, 15) is 14.7 Å². The van der Waals surface area contributed by atoms with E-state index >= 15 is 0 Å². The largest absolute Gasteiger partial charge is 0.462 e. The zero-order valence-electron chi connectivity index (χ0n) is 19.6. The number of fused-ring (bicyclic) bond motifs is 1. The lowest BCUT2D eigenvalue weighted by atomic mass is 9.58. The number of cyclic esters (lactones) is 1. The number of aliphatic hydroxyl groups excluding tert-OH is 1. The highest BCUT2D eigenvalue weighted by atomic mass is 16.6. The third-order valence-corrected chi connectivity index (χ3v) is 8.28. The van der Waals surface area contributed by atoms with Crippen LogP contribution in [-0.4, -0.2) is 35.4 Å². The first-order valence-corrected chi connectivity index (χ1v) is 12.2. The standard InChI is InChI=1S/C25H42O5/c1-6-25(4,5)24(28)30-21-12-15(2)11-17-8-7-16(3)20(23(17)21)10-9-19-13-18(26)14-22(27)29-19/h15-21,23,26H,6-14H2,1-5H3/t15-,16-,17?,18+,19+,20-,21-,23-/m0/s1. The van der Waals surface area contributed by atoms with Gasteiger partial charge < -0.3 is 14.6 Å². The van der Waals surface area contributed by atoms with Crippen molar-refractivity contribution in [3.63, 3.8) is 0 Å². The van der Waals surface area contributed by atoms with Crippen LogP contribution in [0.3, 0.4) is 0 Å². The van der Waals surface area contributed by atoms with Gasteiger partial charge in [-0.3, -0.25) is 9.59 Å².